The Hall–Kier alpha value is -2.14. The van der Waals surface area contributed by atoms with Gasteiger partial charge in [0.05, 0.1) is 20.3 Å². The lowest BCUT2D eigenvalue weighted by molar-refractivity contribution is -0.149. The van der Waals surface area contributed by atoms with E-state index in [2.05, 4.69) is 4.90 Å². The molecule has 0 bridgehead atoms. The zero-order valence-electron chi connectivity index (χ0n) is 13.2. The first-order chi connectivity index (χ1) is 11.2. The molecule has 1 aromatic rings. The van der Waals surface area contributed by atoms with Crippen LogP contribution in [0.25, 0.3) is 0 Å². The van der Waals surface area contributed by atoms with E-state index < -0.39 is 11.9 Å². The van der Waals surface area contributed by atoms with Crippen molar-refractivity contribution in [3.63, 3.8) is 0 Å². The third-order valence-electron chi connectivity index (χ3n) is 4.55. The zero-order valence-corrected chi connectivity index (χ0v) is 13.2. The predicted molar refractivity (Wildman–Crippen MR) is 84.8 cm³/mol. The molecule has 1 aliphatic carbocycles. The Morgan fingerprint density at radius 1 is 1.22 bits per heavy atom. The molecule has 1 aliphatic heterocycles. The fourth-order valence-electron chi connectivity index (χ4n) is 3.34. The van der Waals surface area contributed by atoms with Crippen LogP contribution in [0.15, 0.2) is 42.1 Å². The number of benzene rings is 1. The maximum atomic E-state index is 12.6. The minimum atomic E-state index is -0.757. The Morgan fingerprint density at radius 2 is 1.91 bits per heavy atom. The third-order valence-corrected chi connectivity index (χ3v) is 4.55. The topological polar surface area (TPSA) is 55.8 Å². The first-order valence-corrected chi connectivity index (χ1v) is 7.90. The van der Waals surface area contributed by atoms with E-state index in [1.54, 1.807) is 6.08 Å². The lowest BCUT2D eigenvalue weighted by atomic mass is 9.76. The second-order valence-electron chi connectivity index (χ2n) is 5.86. The number of nitrogens with zero attached hydrogens (tertiary/aromatic N) is 1. The molecule has 5 nitrogen and oxygen atoms in total. The highest BCUT2D eigenvalue weighted by molar-refractivity contribution is 6.07. The van der Waals surface area contributed by atoms with Gasteiger partial charge in [-0.2, -0.15) is 0 Å². The summed E-state index contributed by atoms with van der Waals surface area (Å²) >= 11 is 0. The van der Waals surface area contributed by atoms with Crippen molar-refractivity contribution in [2.24, 2.45) is 5.92 Å². The molecule has 2 aliphatic rings. The number of carbonyl (C=O) groups excluding carboxylic acids is 2. The summed E-state index contributed by atoms with van der Waals surface area (Å²) in [6.45, 7) is 2.90. The standard InChI is InChI=1S/C18H21NO4/c1-22-18(21)17-15(13-5-3-2-4-6-13)11-14(12-16(17)20)19-7-9-23-10-8-19/h2-6,12,15,17H,7-11H2,1H3/t15-,17-/m1/s1. The molecule has 1 heterocycles. The van der Waals surface area contributed by atoms with Gasteiger partial charge in [0.1, 0.15) is 5.92 Å². The average molecular weight is 315 g/mol. The second-order valence-corrected chi connectivity index (χ2v) is 5.86. The summed E-state index contributed by atoms with van der Waals surface area (Å²) in [6, 6.07) is 9.73. The highest BCUT2D eigenvalue weighted by Crippen LogP contribution is 2.37. The quantitative estimate of drug-likeness (QED) is 0.628. The maximum Gasteiger partial charge on any atom is 0.317 e. The number of ether oxygens (including phenoxy) is 2. The number of methoxy groups -OCH3 is 1. The molecule has 23 heavy (non-hydrogen) atoms. The Kier molecular flexibility index (Phi) is 4.76. The van der Waals surface area contributed by atoms with Crippen molar-refractivity contribution in [3.8, 4) is 0 Å². The number of ketones is 1. The summed E-state index contributed by atoms with van der Waals surface area (Å²) in [7, 11) is 1.33. The molecule has 0 radical (unpaired) electrons. The Balaban J connectivity index is 1.92. The summed E-state index contributed by atoms with van der Waals surface area (Å²) in [4.78, 5) is 26.9. The predicted octanol–water partition coefficient (Wildman–Crippen LogP) is 1.75. The molecule has 122 valence electrons. The van der Waals surface area contributed by atoms with E-state index in [9.17, 15) is 9.59 Å². The van der Waals surface area contributed by atoms with E-state index in [4.69, 9.17) is 9.47 Å². The smallest absolute Gasteiger partial charge is 0.317 e. The normalized spacial score (nSPS) is 25.0. The molecular weight excluding hydrogens is 294 g/mol. The lowest BCUT2D eigenvalue weighted by Crippen LogP contribution is -2.41. The van der Waals surface area contributed by atoms with Crippen LogP contribution < -0.4 is 0 Å². The Bertz CT molecular complexity index is 605. The molecule has 1 aromatic carbocycles. The monoisotopic (exact) mass is 315 g/mol. The van der Waals surface area contributed by atoms with E-state index in [1.807, 2.05) is 30.3 Å². The van der Waals surface area contributed by atoms with Gasteiger partial charge in [0.15, 0.2) is 5.78 Å². The van der Waals surface area contributed by atoms with Crippen LogP contribution in [0.1, 0.15) is 17.9 Å². The van der Waals surface area contributed by atoms with Gasteiger partial charge in [-0.25, -0.2) is 0 Å². The minimum absolute atomic E-state index is 0.168. The molecule has 5 heteroatoms. The van der Waals surface area contributed by atoms with Crippen molar-refractivity contribution in [1.29, 1.82) is 0 Å². The van der Waals surface area contributed by atoms with Crippen molar-refractivity contribution in [2.75, 3.05) is 33.4 Å². The molecular formula is C18H21NO4. The summed E-state index contributed by atoms with van der Waals surface area (Å²) in [5, 5.41) is 0. The van der Waals surface area contributed by atoms with Crippen molar-refractivity contribution in [1.82, 2.24) is 4.90 Å². The number of allylic oxidation sites excluding steroid dienone is 2. The van der Waals surface area contributed by atoms with Crippen LogP contribution in [0.5, 0.6) is 0 Å². The number of hydrogen-bond donors (Lipinski definition) is 0. The van der Waals surface area contributed by atoms with Crippen LogP contribution in [0.2, 0.25) is 0 Å². The molecule has 0 saturated carbocycles. The van der Waals surface area contributed by atoms with Crippen LogP contribution >= 0.6 is 0 Å². The van der Waals surface area contributed by atoms with Crippen LogP contribution in [-0.2, 0) is 19.1 Å². The van der Waals surface area contributed by atoms with Gasteiger partial charge in [0, 0.05) is 30.8 Å². The summed E-state index contributed by atoms with van der Waals surface area (Å²) < 4.78 is 10.2. The number of carbonyl (C=O) groups is 2. The summed E-state index contributed by atoms with van der Waals surface area (Å²) in [6.07, 6.45) is 2.28. The second kappa shape index (κ2) is 6.96. The number of rotatable bonds is 3. The summed E-state index contributed by atoms with van der Waals surface area (Å²) in [5.74, 6) is -1.56. The van der Waals surface area contributed by atoms with E-state index in [0.29, 0.717) is 19.6 Å². The SMILES string of the molecule is COC(=O)[C@H]1C(=O)C=C(N2CCOCC2)C[C@@H]1c1ccccc1. The fraction of sp³-hybridized carbons (Fsp3) is 0.444. The van der Waals surface area contributed by atoms with Crippen molar-refractivity contribution >= 4 is 11.8 Å². The highest BCUT2D eigenvalue weighted by Gasteiger charge is 2.40. The van der Waals surface area contributed by atoms with Crippen molar-refractivity contribution < 1.29 is 19.1 Å². The molecule has 0 amide bonds. The number of hydrogen-bond acceptors (Lipinski definition) is 5. The lowest BCUT2D eigenvalue weighted by Gasteiger charge is -2.36. The van der Waals surface area contributed by atoms with Gasteiger partial charge in [0.25, 0.3) is 0 Å². The molecule has 0 spiro atoms. The van der Waals surface area contributed by atoms with E-state index in [-0.39, 0.29) is 11.7 Å². The third kappa shape index (κ3) is 3.29. The van der Waals surface area contributed by atoms with Crippen molar-refractivity contribution in [3.05, 3.63) is 47.7 Å². The highest BCUT2D eigenvalue weighted by atomic mass is 16.5. The molecule has 2 atom stereocenters. The Labute approximate surface area is 135 Å². The minimum Gasteiger partial charge on any atom is -0.468 e. The van der Waals surface area contributed by atoms with Gasteiger partial charge in [-0.15, -0.1) is 0 Å². The molecule has 1 fully saturated rings. The van der Waals surface area contributed by atoms with Gasteiger partial charge >= 0.3 is 5.97 Å². The Morgan fingerprint density at radius 3 is 2.57 bits per heavy atom. The van der Waals surface area contributed by atoms with E-state index >= 15 is 0 Å². The zero-order chi connectivity index (χ0) is 16.2. The van der Waals surface area contributed by atoms with Crippen LogP contribution in [0.3, 0.4) is 0 Å². The van der Waals surface area contributed by atoms with E-state index in [1.165, 1.54) is 7.11 Å². The number of morpholine rings is 1. The first-order valence-electron chi connectivity index (χ1n) is 7.90. The first kappa shape index (κ1) is 15.7. The number of esters is 1. The van der Waals surface area contributed by atoms with Crippen LogP contribution in [-0.4, -0.2) is 50.1 Å². The van der Waals surface area contributed by atoms with Crippen LogP contribution in [0.4, 0.5) is 0 Å². The van der Waals surface area contributed by atoms with Crippen LogP contribution in [0, 0.1) is 5.92 Å². The average Bonchev–Trinajstić information content (AvgIpc) is 2.62. The largest absolute Gasteiger partial charge is 0.468 e. The van der Waals surface area contributed by atoms with Gasteiger partial charge < -0.3 is 14.4 Å². The summed E-state index contributed by atoms with van der Waals surface area (Å²) in [5.41, 5.74) is 1.99. The molecule has 0 N–H and O–H groups in total. The van der Waals surface area contributed by atoms with Gasteiger partial charge in [-0.3, -0.25) is 9.59 Å². The fourth-order valence-corrected chi connectivity index (χ4v) is 3.34. The van der Waals surface area contributed by atoms with Gasteiger partial charge in [-0.05, 0) is 12.0 Å². The molecule has 3 rings (SSSR count). The van der Waals surface area contributed by atoms with E-state index in [0.717, 1.165) is 24.4 Å². The molecule has 0 aromatic heterocycles. The molecule has 1 saturated heterocycles. The molecule has 0 unspecified atom stereocenters. The van der Waals surface area contributed by atoms with Crippen molar-refractivity contribution in [2.45, 2.75) is 12.3 Å². The van der Waals surface area contributed by atoms with Gasteiger partial charge in [-0.1, -0.05) is 30.3 Å². The maximum absolute atomic E-state index is 12.6. The van der Waals surface area contributed by atoms with Gasteiger partial charge in [0.2, 0.25) is 0 Å².